The van der Waals surface area contributed by atoms with Gasteiger partial charge in [0.25, 0.3) is 5.91 Å². The van der Waals surface area contributed by atoms with Gasteiger partial charge in [0.1, 0.15) is 19.4 Å². The predicted octanol–water partition coefficient (Wildman–Crippen LogP) is 1.94. The molecule has 0 saturated carbocycles. The molecule has 0 spiro atoms. The number of aromatic nitrogens is 4. The highest BCUT2D eigenvalue weighted by molar-refractivity contribution is 6.33. The molecule has 1 saturated heterocycles. The number of carbonyl (C=O) groups is 1. The quantitative estimate of drug-likeness (QED) is 0.449. The lowest BCUT2D eigenvalue weighted by Gasteiger charge is -2.33. The van der Waals surface area contributed by atoms with Crippen LogP contribution in [0.1, 0.15) is 34.6 Å². The minimum atomic E-state index is -0.0226. The van der Waals surface area contributed by atoms with Gasteiger partial charge in [-0.15, -0.1) is 0 Å². The monoisotopic (exact) mass is 440 g/mol. The lowest BCUT2D eigenvalue weighted by molar-refractivity contribution is 0.0687. The number of nitrogens with zero attached hydrogens (tertiary/aromatic N) is 5. The molecule has 33 heavy (non-hydrogen) atoms. The van der Waals surface area contributed by atoms with Gasteiger partial charge in [0, 0.05) is 56.0 Å². The number of amides is 1. The number of hydrogen-bond acceptors (Lipinski definition) is 5. The van der Waals surface area contributed by atoms with Gasteiger partial charge in [0.2, 0.25) is 0 Å². The Morgan fingerprint density at radius 3 is 2.85 bits per heavy atom. The molecule has 4 rings (SSSR count). The Hall–Kier alpha value is -3.68. The molecule has 168 valence electrons. The summed E-state index contributed by atoms with van der Waals surface area (Å²) in [5, 5.41) is 8.07. The summed E-state index contributed by atoms with van der Waals surface area (Å²) in [6.07, 6.45) is 11.1. The second-order valence-corrected chi connectivity index (χ2v) is 8.45. The van der Waals surface area contributed by atoms with Gasteiger partial charge in [-0.25, -0.2) is 4.68 Å². The Balaban J connectivity index is 1.52. The maximum atomic E-state index is 12.9. The first kappa shape index (κ1) is 22.5. The predicted molar refractivity (Wildman–Crippen MR) is 132 cm³/mol. The second kappa shape index (κ2) is 10.3. The summed E-state index contributed by atoms with van der Waals surface area (Å²) in [4.78, 5) is 23.2. The van der Waals surface area contributed by atoms with Gasteiger partial charge < -0.3 is 10.2 Å². The summed E-state index contributed by atoms with van der Waals surface area (Å²) in [5.41, 5.74) is 4.75. The van der Waals surface area contributed by atoms with Crippen LogP contribution in [-0.2, 0) is 6.54 Å². The van der Waals surface area contributed by atoms with Crippen LogP contribution in [0.3, 0.4) is 0 Å². The van der Waals surface area contributed by atoms with Crippen molar-refractivity contribution in [2.75, 3.05) is 13.1 Å². The molecule has 1 aliphatic rings. The van der Waals surface area contributed by atoms with Crippen molar-refractivity contribution in [1.29, 1.82) is 0 Å². The van der Waals surface area contributed by atoms with Crippen LogP contribution < -0.4 is 10.8 Å². The van der Waals surface area contributed by atoms with Crippen LogP contribution in [0, 0.1) is 12.8 Å². The molecule has 0 radical (unpaired) electrons. The lowest BCUT2D eigenvalue weighted by Crippen LogP contribution is -2.40. The number of nitrogens with one attached hydrogen (secondary N) is 1. The Morgan fingerprint density at radius 1 is 1.27 bits per heavy atom. The van der Waals surface area contributed by atoms with E-state index in [9.17, 15) is 4.79 Å². The van der Waals surface area contributed by atoms with Crippen molar-refractivity contribution in [3.05, 3.63) is 90.3 Å². The van der Waals surface area contributed by atoms with Gasteiger partial charge in [-0.2, -0.15) is 5.10 Å². The summed E-state index contributed by atoms with van der Waals surface area (Å²) in [6.45, 7) is 8.44. The normalized spacial score (nSPS) is 16.5. The van der Waals surface area contributed by atoms with Crippen LogP contribution in [0.25, 0.3) is 5.82 Å². The molecule has 1 fully saturated rings. The highest BCUT2D eigenvalue weighted by atomic mass is 16.2. The van der Waals surface area contributed by atoms with E-state index in [-0.39, 0.29) is 11.8 Å². The minimum Gasteiger partial charge on any atom is -0.366 e. The fourth-order valence-electron chi connectivity index (χ4n) is 4.03. The zero-order valence-corrected chi connectivity index (χ0v) is 19.2. The van der Waals surface area contributed by atoms with Gasteiger partial charge in [0.05, 0.1) is 0 Å². The average molecular weight is 440 g/mol. The SMILES string of the molecule is Bc1cnn(/C(=C\C(=C)C2CCCN(C(=O)c3ccccn3)C2)NCc2cccnc2)c1C. The van der Waals surface area contributed by atoms with Crippen molar-refractivity contribution in [1.82, 2.24) is 30.0 Å². The number of carbonyl (C=O) groups excluding carboxylic acids is 1. The van der Waals surface area contributed by atoms with Crippen LogP contribution >= 0.6 is 0 Å². The van der Waals surface area contributed by atoms with E-state index in [1.807, 2.05) is 46.2 Å². The van der Waals surface area contributed by atoms with Crippen LogP contribution in [0.2, 0.25) is 0 Å². The van der Waals surface area contributed by atoms with E-state index in [4.69, 9.17) is 0 Å². The number of rotatable bonds is 7. The molecule has 1 amide bonds. The fourth-order valence-corrected chi connectivity index (χ4v) is 4.03. The zero-order chi connectivity index (χ0) is 23.2. The summed E-state index contributed by atoms with van der Waals surface area (Å²) in [7, 11) is 2.05. The maximum Gasteiger partial charge on any atom is 0.272 e. The first-order valence-electron chi connectivity index (χ1n) is 11.3. The molecule has 1 aliphatic heterocycles. The van der Waals surface area contributed by atoms with Crippen molar-refractivity contribution >= 4 is 25.0 Å². The van der Waals surface area contributed by atoms with E-state index in [0.717, 1.165) is 47.5 Å². The molecular formula is C25H29BN6O. The Labute approximate surface area is 195 Å². The molecule has 0 aliphatic carbocycles. The largest absolute Gasteiger partial charge is 0.366 e. The number of pyridine rings is 2. The summed E-state index contributed by atoms with van der Waals surface area (Å²) >= 11 is 0. The highest BCUT2D eigenvalue weighted by Gasteiger charge is 2.26. The maximum absolute atomic E-state index is 12.9. The van der Waals surface area contributed by atoms with Gasteiger partial charge in [-0.1, -0.05) is 18.7 Å². The van der Waals surface area contributed by atoms with E-state index >= 15 is 0 Å². The third-order valence-corrected chi connectivity index (χ3v) is 6.12. The van der Waals surface area contributed by atoms with E-state index in [2.05, 4.69) is 47.8 Å². The Morgan fingerprint density at radius 2 is 2.15 bits per heavy atom. The third kappa shape index (κ3) is 5.39. The number of hydrogen-bond donors (Lipinski definition) is 1. The highest BCUT2D eigenvalue weighted by Crippen LogP contribution is 2.25. The number of likely N-dealkylation sites (tertiary alicyclic amines) is 1. The first-order chi connectivity index (χ1) is 16.0. The summed E-state index contributed by atoms with van der Waals surface area (Å²) in [5.74, 6) is 1.02. The van der Waals surface area contributed by atoms with Crippen molar-refractivity contribution in [3.63, 3.8) is 0 Å². The van der Waals surface area contributed by atoms with Crippen molar-refractivity contribution in [2.24, 2.45) is 5.92 Å². The Bertz CT molecular complexity index is 1140. The van der Waals surface area contributed by atoms with Crippen LogP contribution in [0.15, 0.2) is 73.3 Å². The molecule has 4 heterocycles. The molecule has 8 heteroatoms. The van der Waals surface area contributed by atoms with E-state index in [1.165, 1.54) is 0 Å². The van der Waals surface area contributed by atoms with Crippen LogP contribution in [0.5, 0.6) is 0 Å². The van der Waals surface area contributed by atoms with Gasteiger partial charge in [0.15, 0.2) is 0 Å². The molecule has 1 atom stereocenters. The summed E-state index contributed by atoms with van der Waals surface area (Å²) < 4.78 is 1.91. The molecule has 0 bridgehead atoms. The standard InChI is InChI=1S/C25H29BN6O/c1-18(21-8-6-12-31(17-21)25(33)23-9-3-4-11-28-23)13-24(32-19(2)22(26)16-30-32)29-15-20-7-5-10-27-14-20/h3-5,7,9-11,13-14,16,21,29H,1,6,8,12,15,17,26H2,2H3/b24-13-. The molecule has 3 aromatic rings. The number of allylic oxidation sites excluding steroid dienone is 1. The molecular weight excluding hydrogens is 411 g/mol. The smallest absolute Gasteiger partial charge is 0.272 e. The van der Waals surface area contributed by atoms with E-state index in [1.54, 1.807) is 18.5 Å². The van der Waals surface area contributed by atoms with E-state index < -0.39 is 0 Å². The van der Waals surface area contributed by atoms with Gasteiger partial charge in [-0.05, 0) is 60.6 Å². The molecule has 1 N–H and O–H groups in total. The van der Waals surface area contributed by atoms with Crippen LogP contribution in [-0.4, -0.2) is 51.5 Å². The average Bonchev–Trinajstić information content (AvgIpc) is 3.20. The second-order valence-electron chi connectivity index (χ2n) is 8.45. The molecule has 7 nitrogen and oxygen atoms in total. The molecule has 0 aromatic carbocycles. The van der Waals surface area contributed by atoms with Crippen LogP contribution in [0.4, 0.5) is 0 Å². The number of piperidine rings is 1. The minimum absolute atomic E-state index is 0.0226. The molecule has 3 aromatic heterocycles. The zero-order valence-electron chi connectivity index (χ0n) is 19.2. The van der Waals surface area contributed by atoms with Crippen molar-refractivity contribution in [2.45, 2.75) is 26.3 Å². The van der Waals surface area contributed by atoms with Crippen molar-refractivity contribution < 1.29 is 4.79 Å². The third-order valence-electron chi connectivity index (χ3n) is 6.12. The Kier molecular flexibility index (Phi) is 7.02. The van der Waals surface area contributed by atoms with Crippen molar-refractivity contribution in [3.8, 4) is 0 Å². The van der Waals surface area contributed by atoms with Gasteiger partial charge >= 0.3 is 0 Å². The van der Waals surface area contributed by atoms with Gasteiger partial charge in [-0.3, -0.25) is 14.8 Å². The topological polar surface area (TPSA) is 75.9 Å². The molecule has 1 unspecified atom stereocenters. The lowest BCUT2D eigenvalue weighted by atomic mass is 9.90. The summed E-state index contributed by atoms with van der Waals surface area (Å²) in [6, 6.07) is 9.40. The van der Waals surface area contributed by atoms with E-state index in [0.29, 0.717) is 18.8 Å². The first-order valence-corrected chi connectivity index (χ1v) is 11.3. The fraction of sp³-hybridized carbons (Fsp3) is 0.280.